The second-order valence-corrected chi connectivity index (χ2v) is 2.77. The molecule has 4 nitrogen and oxygen atoms in total. The van der Waals surface area contributed by atoms with Gasteiger partial charge in [-0.3, -0.25) is 10.2 Å². The van der Waals surface area contributed by atoms with Gasteiger partial charge < -0.3 is 5.32 Å². The number of carbonyl (C=O) groups is 1. The molecule has 1 aromatic rings. The van der Waals surface area contributed by atoms with E-state index >= 15 is 0 Å². The van der Waals surface area contributed by atoms with Crippen molar-refractivity contribution in [1.29, 1.82) is 0 Å². The van der Waals surface area contributed by atoms with E-state index in [1.807, 2.05) is 19.1 Å². The minimum absolute atomic E-state index is 0.284. The third-order valence-corrected chi connectivity index (χ3v) is 1.82. The van der Waals surface area contributed by atoms with Gasteiger partial charge in [-0.2, -0.15) is 0 Å². The molecule has 13 heavy (non-hydrogen) atoms. The fraction of sp³-hybridized carbons (Fsp3) is 0.222. The lowest BCUT2D eigenvalue weighted by atomic mass is 10.1. The second-order valence-electron chi connectivity index (χ2n) is 2.77. The molecule has 0 heterocycles. The zero-order chi connectivity index (χ0) is 9.84. The third kappa shape index (κ3) is 1.97. The molecule has 0 aliphatic heterocycles. The predicted molar refractivity (Wildman–Crippen MR) is 52.4 cm³/mol. The van der Waals surface area contributed by atoms with Crippen molar-refractivity contribution < 1.29 is 4.79 Å². The van der Waals surface area contributed by atoms with Crippen molar-refractivity contribution >= 4 is 11.6 Å². The fourth-order valence-electron chi connectivity index (χ4n) is 1.14. The first kappa shape index (κ1) is 9.54. The summed E-state index contributed by atoms with van der Waals surface area (Å²) in [5.41, 5.74) is 4.46. The number of hydrogen-bond acceptors (Lipinski definition) is 3. The van der Waals surface area contributed by atoms with Crippen LogP contribution in [0.3, 0.4) is 0 Å². The monoisotopic (exact) mass is 179 g/mol. The molecule has 0 saturated carbocycles. The molecule has 0 unspecified atom stereocenters. The predicted octanol–water partition coefficient (Wildman–Crippen LogP) is 0.640. The first-order valence-corrected chi connectivity index (χ1v) is 3.98. The molecule has 0 radical (unpaired) electrons. The zero-order valence-corrected chi connectivity index (χ0v) is 7.72. The van der Waals surface area contributed by atoms with Crippen LogP contribution in [0.4, 0.5) is 5.69 Å². The van der Waals surface area contributed by atoms with E-state index < -0.39 is 0 Å². The van der Waals surface area contributed by atoms with Crippen molar-refractivity contribution in [1.82, 2.24) is 5.43 Å². The number of nitrogen functional groups attached to an aromatic ring is 1. The Balaban J connectivity index is 3.15. The number of rotatable bonds is 2. The van der Waals surface area contributed by atoms with Gasteiger partial charge in [0.05, 0.1) is 5.56 Å². The van der Waals surface area contributed by atoms with Gasteiger partial charge in [-0.25, -0.2) is 5.84 Å². The van der Waals surface area contributed by atoms with Crippen LogP contribution in [0, 0.1) is 6.92 Å². The van der Waals surface area contributed by atoms with Gasteiger partial charge in [0.2, 0.25) is 0 Å². The lowest BCUT2D eigenvalue weighted by Gasteiger charge is -2.08. The quantitative estimate of drug-likeness (QED) is 0.354. The molecule has 70 valence electrons. The summed E-state index contributed by atoms with van der Waals surface area (Å²) < 4.78 is 0. The van der Waals surface area contributed by atoms with Crippen molar-refractivity contribution in [3.05, 3.63) is 29.3 Å². The minimum Gasteiger partial charge on any atom is -0.387 e. The summed E-state index contributed by atoms with van der Waals surface area (Å²) in [4.78, 5) is 11.3. The minimum atomic E-state index is -0.284. The fourth-order valence-corrected chi connectivity index (χ4v) is 1.14. The first-order valence-electron chi connectivity index (χ1n) is 3.98. The number of nitrogens with two attached hydrogens (primary N) is 1. The summed E-state index contributed by atoms with van der Waals surface area (Å²) in [5.74, 6) is 4.77. The van der Waals surface area contributed by atoms with Crippen LogP contribution in [0.15, 0.2) is 18.2 Å². The molecular formula is C9H13N3O. The van der Waals surface area contributed by atoms with Gasteiger partial charge in [-0.1, -0.05) is 11.6 Å². The molecule has 4 N–H and O–H groups in total. The Morgan fingerprint density at radius 3 is 2.69 bits per heavy atom. The molecule has 0 atom stereocenters. The molecule has 0 aromatic heterocycles. The Morgan fingerprint density at radius 1 is 1.46 bits per heavy atom. The largest absolute Gasteiger partial charge is 0.387 e. The molecule has 1 rings (SSSR count). The Hall–Kier alpha value is -1.55. The van der Waals surface area contributed by atoms with Crippen LogP contribution in [0.5, 0.6) is 0 Å². The topological polar surface area (TPSA) is 67.2 Å². The number of benzene rings is 1. The van der Waals surface area contributed by atoms with Crippen molar-refractivity contribution in [2.75, 3.05) is 12.4 Å². The molecular weight excluding hydrogens is 166 g/mol. The average molecular weight is 179 g/mol. The van der Waals surface area contributed by atoms with E-state index in [2.05, 4.69) is 10.7 Å². The number of aryl methyl sites for hydroxylation is 1. The van der Waals surface area contributed by atoms with E-state index in [0.29, 0.717) is 5.56 Å². The van der Waals surface area contributed by atoms with E-state index in [4.69, 9.17) is 5.84 Å². The number of hydrogen-bond donors (Lipinski definition) is 3. The van der Waals surface area contributed by atoms with Crippen molar-refractivity contribution in [2.24, 2.45) is 5.84 Å². The van der Waals surface area contributed by atoms with E-state index in [1.54, 1.807) is 13.1 Å². The van der Waals surface area contributed by atoms with Gasteiger partial charge in [-0.15, -0.1) is 0 Å². The number of amides is 1. The van der Waals surface area contributed by atoms with Gasteiger partial charge in [0.15, 0.2) is 0 Å². The highest BCUT2D eigenvalue weighted by Gasteiger charge is 2.08. The molecule has 1 amide bonds. The normalized spacial score (nSPS) is 9.46. The van der Waals surface area contributed by atoms with Gasteiger partial charge in [0.25, 0.3) is 5.91 Å². The lowest BCUT2D eigenvalue weighted by Crippen LogP contribution is -2.30. The van der Waals surface area contributed by atoms with Gasteiger partial charge >= 0.3 is 0 Å². The Bertz CT molecular complexity index is 323. The standard InChI is InChI=1S/C9H13N3O/c1-6-3-4-8(11-2)7(5-6)9(13)12-10/h3-5,11H,10H2,1-2H3,(H,12,13). The van der Waals surface area contributed by atoms with E-state index in [9.17, 15) is 4.79 Å². The zero-order valence-electron chi connectivity index (χ0n) is 7.72. The van der Waals surface area contributed by atoms with Crippen molar-refractivity contribution in [3.63, 3.8) is 0 Å². The lowest BCUT2D eigenvalue weighted by molar-refractivity contribution is 0.0954. The maximum Gasteiger partial charge on any atom is 0.267 e. The molecule has 0 aliphatic rings. The smallest absolute Gasteiger partial charge is 0.267 e. The Kier molecular flexibility index (Phi) is 2.87. The molecule has 0 aliphatic carbocycles. The van der Waals surface area contributed by atoms with E-state index in [0.717, 1.165) is 11.3 Å². The SMILES string of the molecule is CNc1ccc(C)cc1C(=O)NN. The summed E-state index contributed by atoms with van der Waals surface area (Å²) in [6.07, 6.45) is 0. The molecule has 1 aromatic carbocycles. The van der Waals surface area contributed by atoms with Crippen molar-refractivity contribution in [3.8, 4) is 0 Å². The van der Waals surface area contributed by atoms with Gasteiger partial charge in [0, 0.05) is 12.7 Å². The van der Waals surface area contributed by atoms with Gasteiger partial charge in [-0.05, 0) is 19.1 Å². The summed E-state index contributed by atoms with van der Waals surface area (Å²) in [5, 5.41) is 2.92. The van der Waals surface area contributed by atoms with Crippen LogP contribution in [-0.2, 0) is 0 Å². The molecule has 0 saturated heterocycles. The summed E-state index contributed by atoms with van der Waals surface area (Å²) in [6, 6.07) is 5.56. The molecule has 0 fully saturated rings. The molecule has 4 heteroatoms. The highest BCUT2D eigenvalue weighted by Crippen LogP contribution is 2.16. The summed E-state index contributed by atoms with van der Waals surface area (Å²) >= 11 is 0. The van der Waals surface area contributed by atoms with Crippen LogP contribution in [0.25, 0.3) is 0 Å². The van der Waals surface area contributed by atoms with Crippen LogP contribution in [-0.4, -0.2) is 13.0 Å². The Morgan fingerprint density at radius 2 is 2.15 bits per heavy atom. The summed E-state index contributed by atoms with van der Waals surface area (Å²) in [6.45, 7) is 1.92. The molecule has 0 spiro atoms. The number of hydrazine groups is 1. The van der Waals surface area contributed by atoms with Crippen LogP contribution >= 0.6 is 0 Å². The van der Waals surface area contributed by atoms with E-state index in [-0.39, 0.29) is 5.91 Å². The summed E-state index contributed by atoms with van der Waals surface area (Å²) in [7, 11) is 1.76. The molecule has 0 bridgehead atoms. The maximum atomic E-state index is 11.3. The van der Waals surface area contributed by atoms with E-state index in [1.165, 1.54) is 0 Å². The van der Waals surface area contributed by atoms with Crippen LogP contribution < -0.4 is 16.6 Å². The van der Waals surface area contributed by atoms with Crippen molar-refractivity contribution in [2.45, 2.75) is 6.92 Å². The third-order valence-electron chi connectivity index (χ3n) is 1.82. The number of carbonyl (C=O) groups excluding carboxylic acids is 1. The Labute approximate surface area is 77.1 Å². The second kappa shape index (κ2) is 3.91. The highest BCUT2D eigenvalue weighted by molar-refractivity contribution is 5.99. The van der Waals surface area contributed by atoms with Crippen LogP contribution in [0.1, 0.15) is 15.9 Å². The number of anilines is 1. The van der Waals surface area contributed by atoms with Crippen LogP contribution in [0.2, 0.25) is 0 Å². The maximum absolute atomic E-state index is 11.3. The first-order chi connectivity index (χ1) is 6.19. The highest BCUT2D eigenvalue weighted by atomic mass is 16.2. The van der Waals surface area contributed by atoms with Gasteiger partial charge in [0.1, 0.15) is 0 Å². The number of nitrogens with one attached hydrogen (secondary N) is 2. The average Bonchev–Trinajstić information content (AvgIpc) is 2.16.